The molecule has 150 valence electrons. The number of benzene rings is 2. The Bertz CT molecular complexity index is 1120. The zero-order chi connectivity index (χ0) is 20.6. The predicted molar refractivity (Wildman–Crippen MR) is 110 cm³/mol. The largest absolute Gasteiger partial charge is 0.355 e. The van der Waals surface area contributed by atoms with Crippen LogP contribution in [-0.4, -0.2) is 43.9 Å². The minimum atomic E-state index is -3.65. The number of sulfonamides is 1. The molecule has 2 aliphatic rings. The molecule has 0 aromatic heterocycles. The number of nitrogens with zero attached hydrogens (tertiary/aromatic N) is 2. The number of amidine groups is 1. The van der Waals surface area contributed by atoms with Crippen LogP contribution in [0.25, 0.3) is 0 Å². The summed E-state index contributed by atoms with van der Waals surface area (Å²) in [5, 5.41) is 2.87. The second-order valence-electron chi connectivity index (χ2n) is 7.24. The maximum Gasteiger partial charge on any atom is 0.285 e. The van der Waals surface area contributed by atoms with E-state index < -0.39 is 10.0 Å². The highest BCUT2D eigenvalue weighted by molar-refractivity contribution is 7.90. The average Bonchev–Trinajstić information content (AvgIpc) is 3.00. The summed E-state index contributed by atoms with van der Waals surface area (Å²) >= 11 is 0. The Morgan fingerprint density at radius 2 is 1.69 bits per heavy atom. The number of anilines is 1. The molecule has 1 N–H and O–H groups in total. The lowest BCUT2D eigenvalue weighted by atomic mass is 9.95. The molecule has 2 heterocycles. The first-order valence-corrected chi connectivity index (χ1v) is 10.9. The van der Waals surface area contributed by atoms with E-state index in [4.69, 9.17) is 0 Å². The van der Waals surface area contributed by atoms with E-state index in [1.807, 2.05) is 4.90 Å². The molecule has 0 unspecified atom stereocenters. The van der Waals surface area contributed by atoms with Gasteiger partial charge in [0, 0.05) is 30.1 Å². The van der Waals surface area contributed by atoms with Crippen LogP contribution >= 0.6 is 0 Å². The molecule has 0 saturated carbocycles. The molecule has 1 saturated heterocycles. The van der Waals surface area contributed by atoms with E-state index in [1.54, 1.807) is 48.5 Å². The summed E-state index contributed by atoms with van der Waals surface area (Å²) in [7, 11) is -3.65. The quantitative estimate of drug-likeness (QED) is 0.784. The first-order valence-electron chi connectivity index (χ1n) is 9.47. The average molecular weight is 411 g/mol. The van der Waals surface area contributed by atoms with E-state index in [1.165, 1.54) is 6.92 Å². The molecule has 0 radical (unpaired) electrons. The SMILES string of the molecule is CC(=O)c1ccccc1NC(=O)C1CCN(C2=NS(=O)(=O)c3ccccc32)CC1. The molecule has 0 atom stereocenters. The molecule has 1 amide bonds. The topological polar surface area (TPSA) is 95.9 Å². The number of para-hydroxylation sites is 1. The van der Waals surface area contributed by atoms with E-state index in [9.17, 15) is 18.0 Å². The van der Waals surface area contributed by atoms with Crippen molar-refractivity contribution in [2.24, 2.45) is 10.3 Å². The van der Waals surface area contributed by atoms with Crippen LogP contribution in [0, 0.1) is 5.92 Å². The van der Waals surface area contributed by atoms with Gasteiger partial charge in [0.05, 0.1) is 5.69 Å². The Balaban J connectivity index is 1.44. The van der Waals surface area contributed by atoms with Gasteiger partial charge in [-0.3, -0.25) is 9.59 Å². The van der Waals surface area contributed by atoms with Gasteiger partial charge in [0.2, 0.25) is 5.91 Å². The van der Waals surface area contributed by atoms with E-state index in [0.717, 1.165) is 0 Å². The molecule has 2 aliphatic heterocycles. The van der Waals surface area contributed by atoms with Gasteiger partial charge in [-0.25, -0.2) is 0 Å². The molecule has 2 aromatic carbocycles. The van der Waals surface area contributed by atoms with Crippen molar-refractivity contribution in [3.8, 4) is 0 Å². The van der Waals surface area contributed by atoms with Crippen molar-refractivity contribution in [2.75, 3.05) is 18.4 Å². The number of ketones is 1. The third-order valence-corrected chi connectivity index (χ3v) is 6.67. The highest BCUT2D eigenvalue weighted by atomic mass is 32.2. The van der Waals surface area contributed by atoms with Gasteiger partial charge in [0.25, 0.3) is 10.0 Å². The Hall–Kier alpha value is -3.00. The Morgan fingerprint density at radius 3 is 2.41 bits per heavy atom. The molecule has 0 spiro atoms. The second kappa shape index (κ2) is 7.44. The number of amides is 1. The smallest absolute Gasteiger partial charge is 0.285 e. The van der Waals surface area contributed by atoms with Crippen LogP contribution < -0.4 is 5.32 Å². The fourth-order valence-corrected chi connectivity index (χ4v) is 5.03. The number of piperidine rings is 1. The van der Waals surface area contributed by atoms with Crippen LogP contribution in [0.3, 0.4) is 0 Å². The lowest BCUT2D eigenvalue weighted by Crippen LogP contribution is -2.41. The van der Waals surface area contributed by atoms with Gasteiger partial charge >= 0.3 is 0 Å². The summed E-state index contributed by atoms with van der Waals surface area (Å²) in [6.45, 7) is 2.54. The van der Waals surface area contributed by atoms with Crippen molar-refractivity contribution in [1.82, 2.24) is 4.90 Å². The minimum Gasteiger partial charge on any atom is -0.355 e. The number of rotatable bonds is 3. The molecule has 8 heteroatoms. The third-order valence-electron chi connectivity index (χ3n) is 5.34. The van der Waals surface area contributed by atoms with Crippen LogP contribution in [-0.2, 0) is 14.8 Å². The van der Waals surface area contributed by atoms with Crippen molar-refractivity contribution in [2.45, 2.75) is 24.7 Å². The lowest BCUT2D eigenvalue weighted by Gasteiger charge is -2.32. The maximum atomic E-state index is 12.7. The summed E-state index contributed by atoms with van der Waals surface area (Å²) < 4.78 is 28.5. The Morgan fingerprint density at radius 1 is 1.03 bits per heavy atom. The number of fused-ring (bicyclic) bond motifs is 1. The fourth-order valence-electron chi connectivity index (χ4n) is 3.80. The summed E-state index contributed by atoms with van der Waals surface area (Å²) in [6.07, 6.45) is 1.16. The molecule has 7 nitrogen and oxygen atoms in total. The standard InChI is InChI=1S/C21H21N3O4S/c1-14(25)16-6-2-4-8-18(16)22-21(26)15-10-12-24(13-11-15)20-17-7-3-5-9-19(17)29(27,28)23-20/h2-9,15H,10-13H2,1H3,(H,22,26). The summed E-state index contributed by atoms with van der Waals surface area (Å²) in [5.74, 6) is 0.0241. The molecule has 2 aromatic rings. The van der Waals surface area contributed by atoms with Crippen molar-refractivity contribution in [3.05, 3.63) is 59.7 Å². The number of nitrogens with one attached hydrogen (secondary N) is 1. The third kappa shape index (κ3) is 3.67. The van der Waals surface area contributed by atoms with E-state index in [2.05, 4.69) is 9.71 Å². The van der Waals surface area contributed by atoms with Gasteiger partial charge in [-0.15, -0.1) is 4.40 Å². The Kier molecular flexibility index (Phi) is 4.96. The molecular weight excluding hydrogens is 390 g/mol. The fraction of sp³-hybridized carbons (Fsp3) is 0.286. The number of carbonyl (C=O) groups excluding carboxylic acids is 2. The highest BCUT2D eigenvalue weighted by Gasteiger charge is 2.34. The normalized spacial score (nSPS) is 18.1. The van der Waals surface area contributed by atoms with Gasteiger partial charge in [0.15, 0.2) is 11.6 Å². The monoisotopic (exact) mass is 411 g/mol. The second-order valence-corrected chi connectivity index (χ2v) is 8.81. The zero-order valence-electron chi connectivity index (χ0n) is 16.0. The number of Topliss-reactive ketones (excluding diaryl/α,β-unsaturated/α-hetero) is 1. The van der Waals surface area contributed by atoms with Gasteiger partial charge in [-0.2, -0.15) is 8.42 Å². The van der Waals surface area contributed by atoms with Crippen LogP contribution in [0.15, 0.2) is 57.8 Å². The van der Waals surface area contributed by atoms with E-state index in [-0.39, 0.29) is 22.5 Å². The van der Waals surface area contributed by atoms with Crippen molar-refractivity contribution in [3.63, 3.8) is 0 Å². The maximum absolute atomic E-state index is 12.7. The van der Waals surface area contributed by atoms with Crippen LogP contribution in [0.4, 0.5) is 5.69 Å². The van der Waals surface area contributed by atoms with Gasteiger partial charge in [-0.1, -0.05) is 24.3 Å². The first kappa shape index (κ1) is 19.3. The lowest BCUT2D eigenvalue weighted by molar-refractivity contribution is -0.120. The zero-order valence-corrected chi connectivity index (χ0v) is 16.8. The van der Waals surface area contributed by atoms with Crippen LogP contribution in [0.5, 0.6) is 0 Å². The summed E-state index contributed by atoms with van der Waals surface area (Å²) in [4.78, 5) is 26.6. The summed E-state index contributed by atoms with van der Waals surface area (Å²) in [5.41, 5.74) is 1.62. The highest BCUT2D eigenvalue weighted by Crippen LogP contribution is 2.30. The predicted octanol–water partition coefficient (Wildman–Crippen LogP) is 2.69. The van der Waals surface area contributed by atoms with E-state index >= 15 is 0 Å². The van der Waals surface area contributed by atoms with Crippen molar-refractivity contribution in [1.29, 1.82) is 0 Å². The number of carbonyl (C=O) groups is 2. The van der Waals surface area contributed by atoms with Crippen molar-refractivity contribution < 1.29 is 18.0 Å². The minimum absolute atomic E-state index is 0.102. The van der Waals surface area contributed by atoms with E-state index in [0.29, 0.717) is 48.6 Å². The molecule has 0 bridgehead atoms. The van der Waals surface area contributed by atoms with Gasteiger partial charge < -0.3 is 10.2 Å². The van der Waals surface area contributed by atoms with Gasteiger partial charge in [0.1, 0.15) is 4.90 Å². The summed E-state index contributed by atoms with van der Waals surface area (Å²) in [6, 6.07) is 13.8. The van der Waals surface area contributed by atoms with Crippen LogP contribution in [0.1, 0.15) is 35.7 Å². The molecule has 0 aliphatic carbocycles. The Labute approximate surface area is 169 Å². The van der Waals surface area contributed by atoms with Crippen LogP contribution in [0.2, 0.25) is 0 Å². The molecule has 29 heavy (non-hydrogen) atoms. The number of likely N-dealkylation sites (tertiary alicyclic amines) is 1. The molecule has 4 rings (SSSR count). The molecular formula is C21H21N3O4S. The first-order chi connectivity index (χ1) is 13.9. The van der Waals surface area contributed by atoms with Gasteiger partial charge in [-0.05, 0) is 44.0 Å². The molecule has 1 fully saturated rings. The number of hydrogen-bond acceptors (Lipinski definition) is 5. The van der Waals surface area contributed by atoms with Crippen molar-refractivity contribution >= 4 is 33.2 Å². The number of hydrogen-bond donors (Lipinski definition) is 1.